The summed E-state index contributed by atoms with van der Waals surface area (Å²) >= 11 is 0.992. The van der Waals surface area contributed by atoms with Crippen molar-refractivity contribution < 1.29 is 14.3 Å². The summed E-state index contributed by atoms with van der Waals surface area (Å²) in [6.45, 7) is 1.66. The molecule has 1 heterocycles. The van der Waals surface area contributed by atoms with Gasteiger partial charge in [0.1, 0.15) is 0 Å². The van der Waals surface area contributed by atoms with Gasteiger partial charge >= 0.3 is 6.72 Å². The maximum atomic E-state index is 12.6. The lowest BCUT2D eigenvalue weighted by Crippen LogP contribution is -2.34. The van der Waals surface area contributed by atoms with Gasteiger partial charge in [0, 0.05) is 25.4 Å². The molecule has 1 saturated heterocycles. The van der Waals surface area contributed by atoms with Crippen molar-refractivity contribution in [1.82, 2.24) is 10.2 Å². The molecule has 1 fully saturated rings. The van der Waals surface area contributed by atoms with E-state index >= 15 is 0 Å². The van der Waals surface area contributed by atoms with Gasteiger partial charge in [-0.1, -0.05) is 26.0 Å². The summed E-state index contributed by atoms with van der Waals surface area (Å²) in [4.78, 5) is 24.4. The van der Waals surface area contributed by atoms with Gasteiger partial charge in [-0.3, -0.25) is 9.36 Å². The van der Waals surface area contributed by atoms with Gasteiger partial charge in [-0.2, -0.15) is 4.76 Å². The van der Waals surface area contributed by atoms with E-state index in [1.165, 1.54) is 0 Å². The first-order chi connectivity index (χ1) is 12.4. The quantitative estimate of drug-likeness (QED) is 0.385. The van der Waals surface area contributed by atoms with Gasteiger partial charge in [0.2, 0.25) is 5.96 Å². The van der Waals surface area contributed by atoms with Crippen molar-refractivity contribution in [1.29, 1.82) is 0 Å². The number of carbonyl (C=O) groups is 1. The fourth-order valence-corrected chi connectivity index (χ4v) is 5.90. The van der Waals surface area contributed by atoms with Gasteiger partial charge in [0.15, 0.2) is 0 Å². The molecule has 144 valence electrons. The van der Waals surface area contributed by atoms with E-state index in [9.17, 15) is 14.3 Å². The van der Waals surface area contributed by atoms with Crippen LogP contribution in [0.25, 0.3) is 0 Å². The van der Waals surface area contributed by atoms with E-state index in [2.05, 4.69) is 15.4 Å². The summed E-state index contributed by atoms with van der Waals surface area (Å²) in [7, 11) is 1.57. The number of para-hydroxylation sites is 1. The van der Waals surface area contributed by atoms with Crippen molar-refractivity contribution in [3.63, 3.8) is 0 Å². The number of likely N-dealkylation sites (tertiary alicyclic amines) is 1. The fourth-order valence-electron chi connectivity index (χ4n) is 2.59. The van der Waals surface area contributed by atoms with Crippen LogP contribution in [0, 0.1) is 0 Å². The zero-order chi connectivity index (χ0) is 19.2. The zero-order valence-corrected chi connectivity index (χ0v) is 17.1. The van der Waals surface area contributed by atoms with Gasteiger partial charge < -0.3 is 20.4 Å². The van der Waals surface area contributed by atoms with Crippen molar-refractivity contribution >= 4 is 35.7 Å². The predicted octanol–water partition coefficient (Wildman–Crippen LogP) is 3.54. The Kier molecular flexibility index (Phi) is 7.55. The molecule has 0 aromatic heterocycles. The number of guanidine groups is 1. The highest BCUT2D eigenvalue weighted by molar-refractivity contribution is 8.56. The van der Waals surface area contributed by atoms with E-state index in [4.69, 9.17) is 0 Å². The molecule has 2 unspecified atom stereocenters. The third-order valence-corrected chi connectivity index (χ3v) is 7.72. The minimum Gasteiger partial charge on any atom is -0.355 e. The van der Waals surface area contributed by atoms with Gasteiger partial charge in [-0.05, 0) is 42.8 Å². The minimum atomic E-state index is -3.76. The Morgan fingerprint density at radius 3 is 2.65 bits per heavy atom. The van der Waals surface area contributed by atoms with E-state index in [1.54, 1.807) is 25.2 Å². The third kappa shape index (κ3) is 5.76. The Hall–Kier alpha value is -1.50. The molecule has 1 amide bonds. The number of hydrogen-bond acceptors (Lipinski definition) is 3. The van der Waals surface area contributed by atoms with Crippen LogP contribution < -0.4 is 10.6 Å². The van der Waals surface area contributed by atoms with Crippen LogP contribution in [0.15, 0.2) is 29.0 Å². The standard InChI is InChI=1S/C17H27N4O3PS/c1-4-13(2)26-25(23,24)20-17(21-11-7-8-12-21)19-15-10-6-5-9-14(15)16(22)18-3/h5-6,9-10,13H,4,7-8,11-12H2,1-3H3,(H,18,22)(H2,19,20,23,24). The molecule has 1 aromatic rings. The summed E-state index contributed by atoms with van der Waals surface area (Å²) in [6, 6.07) is 7.05. The number of nitrogens with zero attached hydrogens (tertiary/aromatic N) is 2. The summed E-state index contributed by atoms with van der Waals surface area (Å²) in [5, 5.41) is 5.76. The van der Waals surface area contributed by atoms with Crippen LogP contribution in [0.3, 0.4) is 0 Å². The minimum absolute atomic E-state index is 0.0348. The first-order valence-corrected chi connectivity index (χ1v) is 11.9. The lowest BCUT2D eigenvalue weighted by atomic mass is 10.1. The van der Waals surface area contributed by atoms with Crippen LogP contribution in [0.2, 0.25) is 0 Å². The van der Waals surface area contributed by atoms with E-state index in [-0.39, 0.29) is 11.2 Å². The Morgan fingerprint density at radius 2 is 2.04 bits per heavy atom. The van der Waals surface area contributed by atoms with E-state index in [1.807, 2.05) is 24.8 Å². The van der Waals surface area contributed by atoms with Crippen LogP contribution in [0.4, 0.5) is 5.69 Å². The Balaban J connectivity index is 2.33. The molecule has 1 aromatic carbocycles. The normalized spacial score (nSPS) is 18.3. The molecular formula is C17H27N4O3PS. The van der Waals surface area contributed by atoms with Crippen LogP contribution in [0.1, 0.15) is 43.5 Å². The Labute approximate surface area is 158 Å². The monoisotopic (exact) mass is 398 g/mol. The number of hydrogen-bond donors (Lipinski definition) is 3. The van der Waals surface area contributed by atoms with E-state index in [0.29, 0.717) is 17.2 Å². The molecular weight excluding hydrogens is 371 g/mol. The van der Waals surface area contributed by atoms with Gasteiger partial charge in [0.25, 0.3) is 5.91 Å². The second kappa shape index (κ2) is 9.44. The predicted molar refractivity (Wildman–Crippen MR) is 109 cm³/mol. The second-order valence-corrected chi connectivity index (χ2v) is 10.4. The highest BCUT2D eigenvalue weighted by atomic mass is 32.7. The highest BCUT2D eigenvalue weighted by Crippen LogP contribution is 2.58. The van der Waals surface area contributed by atoms with Gasteiger partial charge in [0.05, 0.1) is 11.3 Å². The average Bonchev–Trinajstić information content (AvgIpc) is 3.15. The first-order valence-electron chi connectivity index (χ1n) is 8.80. The molecule has 9 heteroatoms. The molecule has 1 aliphatic rings. The van der Waals surface area contributed by atoms with Crippen molar-refractivity contribution in [2.45, 2.75) is 38.4 Å². The smallest absolute Gasteiger partial charge is 0.355 e. The van der Waals surface area contributed by atoms with Crippen molar-refractivity contribution in [3.8, 4) is 0 Å². The third-order valence-electron chi connectivity index (χ3n) is 4.16. The lowest BCUT2D eigenvalue weighted by molar-refractivity contribution is 0.0964. The molecule has 2 rings (SSSR count). The van der Waals surface area contributed by atoms with Crippen LogP contribution in [-0.4, -0.2) is 47.0 Å². The molecule has 1 aliphatic heterocycles. The average molecular weight is 398 g/mol. The zero-order valence-electron chi connectivity index (χ0n) is 15.4. The molecule has 0 spiro atoms. The molecule has 2 atom stereocenters. The van der Waals surface area contributed by atoms with Crippen LogP contribution in [0.5, 0.6) is 0 Å². The summed E-state index contributed by atoms with van der Waals surface area (Å²) in [5.74, 6) is 0.121. The summed E-state index contributed by atoms with van der Waals surface area (Å²) in [5.41, 5.74) is 1.02. The van der Waals surface area contributed by atoms with E-state index < -0.39 is 6.72 Å². The molecule has 3 N–H and O–H groups in total. The number of benzene rings is 1. The summed E-state index contributed by atoms with van der Waals surface area (Å²) in [6.07, 6.45) is 2.80. The van der Waals surface area contributed by atoms with Crippen LogP contribution in [-0.2, 0) is 4.57 Å². The number of anilines is 1. The molecule has 26 heavy (non-hydrogen) atoms. The topological polar surface area (TPSA) is 94.0 Å². The number of nitrogens with one attached hydrogen (secondary N) is 2. The largest absolute Gasteiger partial charge is 0.372 e. The SMILES string of the molecule is CCC(C)SP(=O)(O)/N=C(/Nc1ccccc1C(=O)NC)N1CCCC1. The van der Waals surface area contributed by atoms with Crippen molar-refractivity contribution in [2.75, 3.05) is 25.5 Å². The Bertz CT molecular complexity index is 707. The first kappa shape index (κ1) is 20.8. The highest BCUT2D eigenvalue weighted by Gasteiger charge is 2.26. The molecule has 0 saturated carbocycles. The number of carbonyl (C=O) groups excluding carboxylic acids is 1. The number of rotatable bonds is 6. The van der Waals surface area contributed by atoms with Gasteiger partial charge in [-0.15, -0.1) is 0 Å². The molecule has 0 aliphatic carbocycles. The maximum Gasteiger partial charge on any atom is 0.372 e. The molecule has 7 nitrogen and oxygen atoms in total. The summed E-state index contributed by atoms with van der Waals surface area (Å²) < 4.78 is 16.8. The number of amides is 1. The fraction of sp³-hybridized carbons (Fsp3) is 0.529. The second-order valence-electron chi connectivity index (χ2n) is 6.18. The van der Waals surface area contributed by atoms with Crippen molar-refractivity contribution in [2.24, 2.45) is 4.76 Å². The lowest BCUT2D eigenvalue weighted by Gasteiger charge is -2.23. The van der Waals surface area contributed by atoms with Crippen molar-refractivity contribution in [3.05, 3.63) is 29.8 Å². The maximum absolute atomic E-state index is 12.6. The van der Waals surface area contributed by atoms with Crippen LogP contribution >= 0.6 is 18.1 Å². The molecule has 0 radical (unpaired) electrons. The van der Waals surface area contributed by atoms with Gasteiger partial charge in [-0.25, -0.2) is 0 Å². The molecule has 0 bridgehead atoms. The van der Waals surface area contributed by atoms with E-state index in [0.717, 1.165) is 43.7 Å². The Morgan fingerprint density at radius 1 is 1.38 bits per heavy atom.